The molecule has 3 aromatic heterocycles. The van der Waals surface area contributed by atoms with Crippen molar-refractivity contribution in [1.29, 1.82) is 0 Å². The van der Waals surface area contributed by atoms with E-state index in [2.05, 4.69) is 46.5 Å². The van der Waals surface area contributed by atoms with Crippen molar-refractivity contribution in [2.24, 2.45) is 5.92 Å². The van der Waals surface area contributed by atoms with E-state index in [9.17, 15) is 4.79 Å². The number of aromatic amines is 1. The second-order valence-electron chi connectivity index (χ2n) is 10.6. The van der Waals surface area contributed by atoms with Gasteiger partial charge in [0.1, 0.15) is 5.65 Å². The molecule has 4 heterocycles. The summed E-state index contributed by atoms with van der Waals surface area (Å²) in [5, 5.41) is 12.0. The van der Waals surface area contributed by atoms with Gasteiger partial charge in [-0.15, -0.1) is 0 Å². The lowest BCUT2D eigenvalue weighted by atomic mass is 10.0. The van der Waals surface area contributed by atoms with Crippen LogP contribution in [-0.2, 0) is 6.54 Å². The van der Waals surface area contributed by atoms with Crippen LogP contribution in [0.3, 0.4) is 0 Å². The molecule has 10 heteroatoms. The molecule has 1 aliphatic carbocycles. The molecule has 0 spiro atoms. The predicted octanol–water partition coefficient (Wildman–Crippen LogP) is 5.93. The Kier molecular flexibility index (Phi) is 7.83. The van der Waals surface area contributed by atoms with Crippen LogP contribution in [0.15, 0.2) is 59.6 Å². The first-order chi connectivity index (χ1) is 19.1. The molecular weight excluding hydrogens is 558 g/mol. The molecule has 1 aromatic carbocycles. The van der Waals surface area contributed by atoms with E-state index in [4.69, 9.17) is 4.74 Å². The lowest BCUT2D eigenvalue weighted by molar-refractivity contribution is 0.215. The Morgan fingerprint density at radius 3 is 2.82 bits per heavy atom. The Morgan fingerprint density at radius 2 is 1.97 bits per heavy atom. The predicted molar refractivity (Wildman–Crippen MR) is 156 cm³/mol. The molecule has 1 saturated heterocycles. The van der Waals surface area contributed by atoms with Crippen LogP contribution < -0.4 is 20.3 Å². The molecule has 6 rings (SSSR count). The maximum Gasteiger partial charge on any atom is 0.417 e. The van der Waals surface area contributed by atoms with Gasteiger partial charge in [-0.1, -0.05) is 43.2 Å². The standard InChI is InChI=1S/C29H34BrN7O2/c30-24-15-32-28-26(27(24)36-12-6-11-22(18-36)31-13-20-7-4-5-8-20)25(16-33-28)35-29(38)39-23-14-34-37(19-23)17-21-9-2-1-3-10-21/h1-3,9-10,14-16,19-20,22,31H,4-8,11-13,17-18H2,(H,32,33)(H,35,38)/t22-/m1/s1. The number of rotatable bonds is 8. The molecule has 204 valence electrons. The molecule has 1 aliphatic heterocycles. The third-order valence-corrected chi connectivity index (χ3v) is 8.36. The summed E-state index contributed by atoms with van der Waals surface area (Å²) in [5.74, 6) is 1.20. The van der Waals surface area contributed by atoms with Crippen LogP contribution in [0.25, 0.3) is 11.0 Å². The first kappa shape index (κ1) is 25.9. The number of nitrogens with one attached hydrogen (secondary N) is 3. The van der Waals surface area contributed by atoms with Gasteiger partial charge in [-0.25, -0.2) is 9.78 Å². The minimum Gasteiger partial charge on any atom is -0.407 e. The smallest absolute Gasteiger partial charge is 0.407 e. The van der Waals surface area contributed by atoms with Crippen molar-refractivity contribution < 1.29 is 9.53 Å². The molecule has 39 heavy (non-hydrogen) atoms. The number of hydrogen-bond donors (Lipinski definition) is 3. The molecular formula is C29H34BrN7O2. The quantitative estimate of drug-likeness (QED) is 0.235. The van der Waals surface area contributed by atoms with E-state index < -0.39 is 6.09 Å². The number of hydrogen-bond acceptors (Lipinski definition) is 6. The van der Waals surface area contributed by atoms with E-state index in [0.717, 1.165) is 58.7 Å². The van der Waals surface area contributed by atoms with E-state index in [0.29, 0.717) is 24.0 Å². The molecule has 1 atom stereocenters. The van der Waals surface area contributed by atoms with Gasteiger partial charge in [0.2, 0.25) is 0 Å². The number of piperidine rings is 1. The molecule has 0 bridgehead atoms. The maximum atomic E-state index is 12.9. The second-order valence-corrected chi connectivity index (χ2v) is 11.5. The number of H-pyrrole nitrogens is 1. The van der Waals surface area contributed by atoms with Crippen molar-refractivity contribution >= 4 is 44.4 Å². The van der Waals surface area contributed by atoms with Gasteiger partial charge in [0.05, 0.1) is 40.2 Å². The summed E-state index contributed by atoms with van der Waals surface area (Å²) in [4.78, 5) is 23.0. The molecule has 3 N–H and O–H groups in total. The molecule has 1 saturated carbocycles. The highest BCUT2D eigenvalue weighted by atomic mass is 79.9. The normalized spacial score (nSPS) is 18.1. The van der Waals surface area contributed by atoms with E-state index in [1.165, 1.54) is 32.1 Å². The Labute approximate surface area is 236 Å². The van der Waals surface area contributed by atoms with Gasteiger partial charge in [-0.2, -0.15) is 5.10 Å². The highest BCUT2D eigenvalue weighted by Crippen LogP contribution is 2.39. The number of fused-ring (bicyclic) bond motifs is 1. The zero-order chi connectivity index (χ0) is 26.6. The summed E-state index contributed by atoms with van der Waals surface area (Å²) in [6.07, 6.45) is 14.0. The van der Waals surface area contributed by atoms with Crippen LogP contribution in [0, 0.1) is 5.92 Å². The number of benzene rings is 1. The second kappa shape index (κ2) is 11.8. The molecule has 2 aliphatic rings. The first-order valence-corrected chi connectivity index (χ1v) is 14.6. The third kappa shape index (κ3) is 6.12. The van der Waals surface area contributed by atoms with Crippen molar-refractivity contribution in [3.8, 4) is 5.75 Å². The number of aromatic nitrogens is 4. The minimum absolute atomic E-state index is 0.384. The van der Waals surface area contributed by atoms with Gasteiger partial charge < -0.3 is 19.9 Å². The van der Waals surface area contributed by atoms with Crippen molar-refractivity contribution in [1.82, 2.24) is 25.1 Å². The average molecular weight is 593 g/mol. The summed E-state index contributed by atoms with van der Waals surface area (Å²) in [5.41, 5.74) is 3.52. The Hall–Kier alpha value is -3.37. The van der Waals surface area contributed by atoms with Crippen LogP contribution in [0.2, 0.25) is 0 Å². The number of carbonyl (C=O) groups excluding carboxylic acids is 1. The number of anilines is 2. The largest absolute Gasteiger partial charge is 0.417 e. The Bertz CT molecular complexity index is 1410. The van der Waals surface area contributed by atoms with E-state index in [1.54, 1.807) is 23.3 Å². The highest BCUT2D eigenvalue weighted by Gasteiger charge is 2.26. The minimum atomic E-state index is -0.573. The van der Waals surface area contributed by atoms with Crippen LogP contribution >= 0.6 is 15.9 Å². The van der Waals surface area contributed by atoms with Crippen LogP contribution in [0.5, 0.6) is 5.75 Å². The summed E-state index contributed by atoms with van der Waals surface area (Å²) in [6, 6.07) is 10.5. The van der Waals surface area contributed by atoms with Crippen molar-refractivity contribution in [3.63, 3.8) is 0 Å². The number of pyridine rings is 1. The maximum absolute atomic E-state index is 12.9. The van der Waals surface area contributed by atoms with Crippen LogP contribution in [0.1, 0.15) is 44.1 Å². The Balaban J connectivity index is 1.14. The van der Waals surface area contributed by atoms with E-state index in [-0.39, 0.29) is 0 Å². The number of nitrogens with zero attached hydrogens (tertiary/aromatic N) is 4. The summed E-state index contributed by atoms with van der Waals surface area (Å²) >= 11 is 3.74. The number of halogens is 1. The van der Waals surface area contributed by atoms with E-state index in [1.807, 2.05) is 36.5 Å². The molecule has 9 nitrogen and oxygen atoms in total. The highest BCUT2D eigenvalue weighted by molar-refractivity contribution is 9.10. The fourth-order valence-electron chi connectivity index (χ4n) is 5.85. The molecule has 2 fully saturated rings. The fourth-order valence-corrected chi connectivity index (χ4v) is 6.41. The van der Waals surface area contributed by atoms with Gasteiger partial charge in [-0.05, 0) is 59.6 Å². The average Bonchev–Trinajstić information content (AvgIpc) is 3.71. The first-order valence-electron chi connectivity index (χ1n) is 13.8. The number of ether oxygens (including phenoxy) is 1. The number of amides is 1. The van der Waals surface area contributed by atoms with Crippen molar-refractivity contribution in [2.45, 2.75) is 51.1 Å². The molecule has 1 amide bonds. The lowest BCUT2D eigenvalue weighted by Gasteiger charge is -2.36. The van der Waals surface area contributed by atoms with Gasteiger partial charge in [-0.3, -0.25) is 10.00 Å². The molecule has 0 radical (unpaired) electrons. The SMILES string of the molecule is O=C(Nc1c[nH]c2ncc(Br)c(N3CCC[C@@H](NCC4CCCC4)C3)c12)Oc1cnn(Cc2ccccc2)c1. The summed E-state index contributed by atoms with van der Waals surface area (Å²) in [6.45, 7) is 3.58. The van der Waals surface area contributed by atoms with Crippen LogP contribution in [0.4, 0.5) is 16.2 Å². The summed E-state index contributed by atoms with van der Waals surface area (Å²) in [7, 11) is 0. The third-order valence-electron chi connectivity index (χ3n) is 7.78. The number of carbonyl (C=O) groups is 1. The van der Waals surface area contributed by atoms with Crippen molar-refractivity contribution in [2.75, 3.05) is 29.9 Å². The Morgan fingerprint density at radius 1 is 1.13 bits per heavy atom. The van der Waals surface area contributed by atoms with Gasteiger partial charge in [0.15, 0.2) is 5.75 Å². The monoisotopic (exact) mass is 591 g/mol. The fraction of sp³-hybridized carbons (Fsp3) is 0.414. The van der Waals surface area contributed by atoms with Gasteiger partial charge in [0.25, 0.3) is 0 Å². The van der Waals surface area contributed by atoms with E-state index >= 15 is 0 Å². The molecule has 4 aromatic rings. The van der Waals surface area contributed by atoms with Crippen LogP contribution in [-0.4, -0.2) is 51.5 Å². The molecule has 0 unspecified atom stereocenters. The van der Waals surface area contributed by atoms with Gasteiger partial charge in [0, 0.05) is 31.5 Å². The van der Waals surface area contributed by atoms with Gasteiger partial charge >= 0.3 is 6.09 Å². The lowest BCUT2D eigenvalue weighted by Crippen LogP contribution is -2.47. The zero-order valence-electron chi connectivity index (χ0n) is 21.9. The van der Waals surface area contributed by atoms with Crippen molar-refractivity contribution in [3.05, 3.63) is 65.2 Å². The summed E-state index contributed by atoms with van der Waals surface area (Å²) < 4.78 is 8.22. The zero-order valence-corrected chi connectivity index (χ0v) is 23.5. The topological polar surface area (TPSA) is 100 Å².